The average molecular weight is 354 g/mol. The van der Waals surface area contributed by atoms with E-state index >= 15 is 0 Å². The number of rotatable bonds is 5. The predicted molar refractivity (Wildman–Crippen MR) is 95.4 cm³/mol. The lowest BCUT2D eigenvalue weighted by Gasteiger charge is -2.10. The summed E-state index contributed by atoms with van der Waals surface area (Å²) in [4.78, 5) is 35.7. The molecule has 0 bridgehead atoms. The fraction of sp³-hybridized carbons (Fsp3) is 0.211. The van der Waals surface area contributed by atoms with Gasteiger partial charge in [-0.15, -0.1) is 0 Å². The SMILES string of the molecule is Cc1cc(=O)c2oc(-c3ccccc3)c(CC(=O)N[C@@H](C)C(N)=O)c2o1. The zero-order chi connectivity index (χ0) is 18.8. The van der Waals surface area contributed by atoms with Gasteiger partial charge in [0.05, 0.1) is 12.0 Å². The summed E-state index contributed by atoms with van der Waals surface area (Å²) in [5, 5.41) is 2.52. The molecular formula is C19H18N2O5. The van der Waals surface area contributed by atoms with Crippen molar-refractivity contribution in [2.24, 2.45) is 5.73 Å². The molecule has 0 aliphatic heterocycles. The quantitative estimate of drug-likeness (QED) is 0.726. The summed E-state index contributed by atoms with van der Waals surface area (Å²) in [5.41, 5.74) is 6.30. The second kappa shape index (κ2) is 6.87. The Morgan fingerprint density at radius 2 is 1.85 bits per heavy atom. The number of hydrogen-bond acceptors (Lipinski definition) is 5. The van der Waals surface area contributed by atoms with Gasteiger partial charge in [-0.3, -0.25) is 14.4 Å². The molecule has 0 aliphatic rings. The third kappa shape index (κ3) is 3.37. The predicted octanol–water partition coefficient (Wildman–Crippen LogP) is 1.89. The van der Waals surface area contributed by atoms with Crippen LogP contribution in [0.3, 0.4) is 0 Å². The first-order valence-corrected chi connectivity index (χ1v) is 8.07. The number of nitrogens with one attached hydrogen (secondary N) is 1. The molecule has 7 nitrogen and oxygen atoms in total. The van der Waals surface area contributed by atoms with Gasteiger partial charge in [0.15, 0.2) is 5.58 Å². The summed E-state index contributed by atoms with van der Waals surface area (Å²) in [6.45, 7) is 3.14. The maximum atomic E-state index is 12.3. The monoisotopic (exact) mass is 354 g/mol. The van der Waals surface area contributed by atoms with Crippen LogP contribution in [0.25, 0.3) is 22.5 Å². The summed E-state index contributed by atoms with van der Waals surface area (Å²) >= 11 is 0. The van der Waals surface area contributed by atoms with Crippen molar-refractivity contribution >= 4 is 23.0 Å². The molecule has 0 aliphatic carbocycles. The molecule has 2 amide bonds. The smallest absolute Gasteiger partial charge is 0.239 e. The number of carbonyl (C=O) groups excluding carboxylic acids is 2. The largest absolute Gasteiger partial charge is 0.457 e. The molecule has 134 valence electrons. The minimum absolute atomic E-state index is 0.0557. The lowest BCUT2D eigenvalue weighted by Crippen LogP contribution is -2.42. The van der Waals surface area contributed by atoms with Crippen molar-refractivity contribution in [3.63, 3.8) is 0 Å². The van der Waals surface area contributed by atoms with Crippen LogP contribution in [0.5, 0.6) is 0 Å². The molecule has 1 aromatic carbocycles. The Hall–Kier alpha value is -3.35. The number of benzene rings is 1. The van der Waals surface area contributed by atoms with E-state index in [0.717, 1.165) is 0 Å². The van der Waals surface area contributed by atoms with Gasteiger partial charge in [0, 0.05) is 11.6 Å². The zero-order valence-electron chi connectivity index (χ0n) is 14.4. The van der Waals surface area contributed by atoms with Crippen molar-refractivity contribution in [3.05, 3.63) is 57.9 Å². The molecule has 2 aromatic heterocycles. The van der Waals surface area contributed by atoms with E-state index in [4.69, 9.17) is 14.6 Å². The third-order valence-corrected chi connectivity index (χ3v) is 3.96. The lowest BCUT2D eigenvalue weighted by molar-refractivity contribution is -0.126. The second-order valence-electron chi connectivity index (χ2n) is 6.02. The van der Waals surface area contributed by atoms with Crippen LogP contribution in [0.4, 0.5) is 0 Å². The van der Waals surface area contributed by atoms with Crippen LogP contribution in [0.15, 0.2) is 50.0 Å². The number of fused-ring (bicyclic) bond motifs is 1. The average Bonchev–Trinajstić information content (AvgIpc) is 2.94. The molecule has 1 atom stereocenters. The molecule has 7 heteroatoms. The fourth-order valence-electron chi connectivity index (χ4n) is 2.67. The minimum atomic E-state index is -0.811. The molecule has 0 spiro atoms. The van der Waals surface area contributed by atoms with Crippen molar-refractivity contribution in [1.29, 1.82) is 0 Å². The van der Waals surface area contributed by atoms with E-state index in [1.807, 2.05) is 30.3 Å². The standard InChI is InChI=1S/C19H18N2O5/c1-10-8-14(22)18-17(25-10)13(9-15(23)21-11(2)19(20)24)16(26-18)12-6-4-3-5-7-12/h3-8,11H,9H2,1-2H3,(H2,20,24)(H,21,23)/t11-/m0/s1. The van der Waals surface area contributed by atoms with Gasteiger partial charge in [-0.2, -0.15) is 0 Å². The maximum absolute atomic E-state index is 12.3. The van der Waals surface area contributed by atoms with Gasteiger partial charge in [0.25, 0.3) is 0 Å². The van der Waals surface area contributed by atoms with E-state index in [1.54, 1.807) is 6.92 Å². The van der Waals surface area contributed by atoms with Gasteiger partial charge in [-0.1, -0.05) is 30.3 Å². The van der Waals surface area contributed by atoms with Crippen LogP contribution in [-0.4, -0.2) is 17.9 Å². The lowest BCUT2D eigenvalue weighted by atomic mass is 10.1. The minimum Gasteiger partial charge on any atom is -0.457 e. The highest BCUT2D eigenvalue weighted by atomic mass is 16.4. The van der Waals surface area contributed by atoms with Crippen LogP contribution in [0.2, 0.25) is 0 Å². The van der Waals surface area contributed by atoms with Gasteiger partial charge in [-0.05, 0) is 13.8 Å². The number of furan rings is 1. The highest BCUT2D eigenvalue weighted by Gasteiger charge is 2.23. The van der Waals surface area contributed by atoms with E-state index in [1.165, 1.54) is 13.0 Å². The summed E-state index contributed by atoms with van der Waals surface area (Å²) in [7, 11) is 0. The first-order chi connectivity index (χ1) is 12.4. The number of primary amides is 1. The number of aryl methyl sites for hydroxylation is 1. The van der Waals surface area contributed by atoms with Crippen molar-refractivity contribution in [1.82, 2.24) is 5.32 Å². The molecule has 0 unspecified atom stereocenters. The highest BCUT2D eigenvalue weighted by Crippen LogP contribution is 2.33. The van der Waals surface area contributed by atoms with Crippen molar-refractivity contribution in [2.45, 2.75) is 26.3 Å². The van der Waals surface area contributed by atoms with E-state index in [9.17, 15) is 14.4 Å². The van der Waals surface area contributed by atoms with E-state index in [2.05, 4.69) is 5.32 Å². The summed E-state index contributed by atoms with van der Waals surface area (Å²) in [5.74, 6) is -0.273. The number of amides is 2. The van der Waals surface area contributed by atoms with Crippen LogP contribution in [0.1, 0.15) is 18.2 Å². The van der Waals surface area contributed by atoms with Crippen molar-refractivity contribution in [3.8, 4) is 11.3 Å². The molecule has 0 saturated carbocycles. The van der Waals surface area contributed by atoms with E-state index < -0.39 is 17.9 Å². The van der Waals surface area contributed by atoms with E-state index in [-0.39, 0.29) is 23.0 Å². The van der Waals surface area contributed by atoms with Crippen LogP contribution in [-0.2, 0) is 16.0 Å². The number of carbonyl (C=O) groups is 2. The summed E-state index contributed by atoms with van der Waals surface area (Å²) < 4.78 is 11.4. The van der Waals surface area contributed by atoms with Gasteiger partial charge in [0.1, 0.15) is 17.6 Å². The number of hydrogen-bond donors (Lipinski definition) is 2. The van der Waals surface area contributed by atoms with E-state index in [0.29, 0.717) is 22.6 Å². The van der Waals surface area contributed by atoms with Gasteiger partial charge < -0.3 is 19.9 Å². The molecule has 3 N–H and O–H groups in total. The Bertz CT molecular complexity index is 1030. The highest BCUT2D eigenvalue weighted by molar-refractivity contribution is 5.92. The normalized spacial score (nSPS) is 12.1. The molecule has 0 saturated heterocycles. The molecule has 2 heterocycles. The number of nitrogens with two attached hydrogens (primary N) is 1. The second-order valence-corrected chi connectivity index (χ2v) is 6.02. The first kappa shape index (κ1) is 17.5. The Balaban J connectivity index is 2.11. The molecule has 26 heavy (non-hydrogen) atoms. The van der Waals surface area contributed by atoms with Gasteiger partial charge >= 0.3 is 0 Å². The summed E-state index contributed by atoms with van der Waals surface area (Å²) in [6, 6.07) is 9.63. The molecule has 0 radical (unpaired) electrons. The van der Waals surface area contributed by atoms with Gasteiger partial charge in [0.2, 0.25) is 22.8 Å². The zero-order valence-corrected chi connectivity index (χ0v) is 14.4. The van der Waals surface area contributed by atoms with Crippen molar-refractivity contribution in [2.75, 3.05) is 0 Å². The Morgan fingerprint density at radius 1 is 1.15 bits per heavy atom. The van der Waals surface area contributed by atoms with Crippen molar-refractivity contribution < 1.29 is 18.4 Å². The Morgan fingerprint density at radius 3 is 2.50 bits per heavy atom. The third-order valence-electron chi connectivity index (χ3n) is 3.96. The Kier molecular flexibility index (Phi) is 4.62. The van der Waals surface area contributed by atoms with Gasteiger partial charge in [-0.25, -0.2) is 0 Å². The Labute approximate surface area is 148 Å². The fourth-order valence-corrected chi connectivity index (χ4v) is 2.67. The molecular weight excluding hydrogens is 336 g/mol. The van der Waals surface area contributed by atoms with Crippen LogP contribution < -0.4 is 16.5 Å². The summed E-state index contributed by atoms with van der Waals surface area (Å²) in [6.07, 6.45) is -0.124. The van der Waals surface area contributed by atoms with Crippen LogP contribution in [0, 0.1) is 6.92 Å². The van der Waals surface area contributed by atoms with Crippen LogP contribution >= 0.6 is 0 Å². The first-order valence-electron chi connectivity index (χ1n) is 8.07. The molecule has 3 rings (SSSR count). The topological polar surface area (TPSA) is 116 Å². The molecule has 0 fully saturated rings. The maximum Gasteiger partial charge on any atom is 0.239 e. The molecule has 3 aromatic rings.